The highest BCUT2D eigenvalue weighted by atomic mass is 16.3. The highest BCUT2D eigenvalue weighted by molar-refractivity contribution is 5.95. The number of benzene rings is 1. The number of aromatic amines is 1. The van der Waals surface area contributed by atoms with Gasteiger partial charge in [0.05, 0.1) is 16.7 Å². The van der Waals surface area contributed by atoms with Crippen LogP contribution in [-0.2, 0) is 4.79 Å². The van der Waals surface area contributed by atoms with Gasteiger partial charge in [0.2, 0.25) is 5.91 Å². The van der Waals surface area contributed by atoms with Crippen molar-refractivity contribution in [3.63, 3.8) is 0 Å². The number of hydrogen-bond acceptors (Lipinski definition) is 3. The minimum absolute atomic E-state index is 0.0398. The molecule has 3 N–H and O–H groups in total. The molecule has 1 aromatic carbocycles. The number of carbonyl (C=O) groups excluding carboxylic acids is 1. The predicted octanol–water partition coefficient (Wildman–Crippen LogP) is 1.93. The van der Waals surface area contributed by atoms with E-state index in [9.17, 15) is 9.90 Å². The number of carbonyl (C=O) groups is 1. The van der Waals surface area contributed by atoms with E-state index in [-0.39, 0.29) is 11.7 Å². The van der Waals surface area contributed by atoms with E-state index in [0.717, 1.165) is 16.9 Å². The Bertz CT molecular complexity index is 545. The average Bonchev–Trinajstić information content (AvgIpc) is 2.58. The zero-order valence-corrected chi connectivity index (χ0v) is 9.16. The predicted molar refractivity (Wildman–Crippen MR) is 61.4 cm³/mol. The van der Waals surface area contributed by atoms with Crippen LogP contribution in [0.25, 0.3) is 11.0 Å². The molecule has 0 aliphatic carbocycles. The van der Waals surface area contributed by atoms with Crippen LogP contribution in [0.5, 0.6) is 5.75 Å². The van der Waals surface area contributed by atoms with Crippen molar-refractivity contribution in [2.45, 2.75) is 20.3 Å². The minimum atomic E-state index is -0.137. The van der Waals surface area contributed by atoms with E-state index in [2.05, 4.69) is 15.3 Å². The second-order valence-electron chi connectivity index (χ2n) is 3.61. The van der Waals surface area contributed by atoms with Gasteiger partial charge in [0.1, 0.15) is 11.6 Å². The summed E-state index contributed by atoms with van der Waals surface area (Å²) in [5.41, 5.74) is 1.87. The molecule has 0 aliphatic heterocycles. The Morgan fingerprint density at radius 2 is 2.31 bits per heavy atom. The average molecular weight is 219 g/mol. The van der Waals surface area contributed by atoms with Crippen LogP contribution in [0.1, 0.15) is 19.2 Å². The lowest BCUT2D eigenvalue weighted by Gasteiger charge is -2.05. The Morgan fingerprint density at radius 3 is 3.00 bits per heavy atom. The fraction of sp³-hybridized carbons (Fsp3) is 0.273. The van der Waals surface area contributed by atoms with Gasteiger partial charge in [0.25, 0.3) is 0 Å². The first-order valence-electron chi connectivity index (χ1n) is 5.09. The van der Waals surface area contributed by atoms with Gasteiger partial charge in [-0.3, -0.25) is 4.79 Å². The van der Waals surface area contributed by atoms with E-state index in [1.54, 1.807) is 19.1 Å². The van der Waals surface area contributed by atoms with Crippen LogP contribution in [0.3, 0.4) is 0 Å². The van der Waals surface area contributed by atoms with Crippen molar-refractivity contribution >= 4 is 22.6 Å². The number of amides is 1. The summed E-state index contributed by atoms with van der Waals surface area (Å²) in [5.74, 6) is 0.674. The molecule has 0 aliphatic rings. The summed E-state index contributed by atoms with van der Waals surface area (Å²) in [7, 11) is 0. The van der Waals surface area contributed by atoms with Gasteiger partial charge in [0, 0.05) is 12.5 Å². The molecule has 1 aromatic heterocycles. The lowest BCUT2D eigenvalue weighted by atomic mass is 10.2. The standard InChI is InChI=1S/C11H13N3O2/c1-3-11(16)14-9-4-7-8(5-10(9)15)13-6(2)12-7/h4-5,15H,3H2,1-2H3,(H,12,13)(H,14,16). The van der Waals surface area contributed by atoms with Gasteiger partial charge in [-0.2, -0.15) is 0 Å². The molecule has 1 heterocycles. The zero-order chi connectivity index (χ0) is 11.7. The van der Waals surface area contributed by atoms with Crippen molar-refractivity contribution in [2.75, 3.05) is 5.32 Å². The SMILES string of the molecule is CCC(=O)Nc1cc2nc(C)[nH]c2cc1O. The van der Waals surface area contributed by atoms with Crippen molar-refractivity contribution in [1.82, 2.24) is 9.97 Å². The topological polar surface area (TPSA) is 78.0 Å². The van der Waals surface area contributed by atoms with Gasteiger partial charge in [-0.1, -0.05) is 6.92 Å². The van der Waals surface area contributed by atoms with Gasteiger partial charge in [0.15, 0.2) is 0 Å². The number of rotatable bonds is 2. The van der Waals surface area contributed by atoms with Crippen LogP contribution in [-0.4, -0.2) is 21.0 Å². The summed E-state index contributed by atoms with van der Waals surface area (Å²) in [4.78, 5) is 18.5. The summed E-state index contributed by atoms with van der Waals surface area (Å²) < 4.78 is 0. The third-order valence-electron chi connectivity index (χ3n) is 2.31. The Balaban J connectivity index is 2.45. The maximum atomic E-state index is 11.2. The number of imidazole rings is 1. The second kappa shape index (κ2) is 3.84. The molecule has 0 atom stereocenters. The van der Waals surface area contributed by atoms with Gasteiger partial charge >= 0.3 is 0 Å². The summed E-state index contributed by atoms with van der Waals surface area (Å²) in [6, 6.07) is 3.21. The maximum Gasteiger partial charge on any atom is 0.224 e. The summed E-state index contributed by atoms with van der Waals surface area (Å²) >= 11 is 0. The third-order valence-corrected chi connectivity index (χ3v) is 2.31. The maximum absolute atomic E-state index is 11.2. The number of anilines is 1. The van der Waals surface area contributed by atoms with Gasteiger partial charge in [-0.15, -0.1) is 0 Å². The molecule has 2 aromatic rings. The fourth-order valence-corrected chi connectivity index (χ4v) is 1.51. The van der Waals surface area contributed by atoms with Crippen LogP contribution >= 0.6 is 0 Å². The number of H-pyrrole nitrogens is 1. The Labute approximate surface area is 92.5 Å². The first-order valence-corrected chi connectivity index (χ1v) is 5.09. The number of nitrogens with one attached hydrogen (secondary N) is 2. The molecule has 0 saturated carbocycles. The number of phenols is 1. The summed E-state index contributed by atoms with van der Waals surface area (Å²) in [6.07, 6.45) is 0.372. The fourth-order valence-electron chi connectivity index (χ4n) is 1.51. The molecule has 5 heteroatoms. The molecule has 0 saturated heterocycles. The van der Waals surface area contributed by atoms with Crippen LogP contribution < -0.4 is 5.32 Å². The molecule has 2 rings (SSSR count). The van der Waals surface area contributed by atoms with Gasteiger partial charge in [-0.25, -0.2) is 4.98 Å². The Hall–Kier alpha value is -2.04. The van der Waals surface area contributed by atoms with Gasteiger partial charge in [-0.05, 0) is 13.0 Å². The largest absolute Gasteiger partial charge is 0.506 e. The highest BCUT2D eigenvalue weighted by Gasteiger charge is 2.08. The third kappa shape index (κ3) is 1.84. The zero-order valence-electron chi connectivity index (χ0n) is 9.16. The smallest absolute Gasteiger partial charge is 0.224 e. The summed E-state index contributed by atoms with van der Waals surface area (Å²) in [6.45, 7) is 3.59. The van der Waals surface area contributed by atoms with Crippen molar-refractivity contribution < 1.29 is 9.90 Å². The molecule has 0 bridgehead atoms. The van der Waals surface area contributed by atoms with E-state index in [1.165, 1.54) is 0 Å². The van der Waals surface area contributed by atoms with E-state index in [1.807, 2.05) is 6.92 Å². The van der Waals surface area contributed by atoms with Crippen LogP contribution in [0.4, 0.5) is 5.69 Å². The lowest BCUT2D eigenvalue weighted by Crippen LogP contribution is -2.09. The van der Waals surface area contributed by atoms with E-state index in [4.69, 9.17) is 0 Å². The highest BCUT2D eigenvalue weighted by Crippen LogP contribution is 2.28. The molecule has 16 heavy (non-hydrogen) atoms. The molecule has 0 unspecified atom stereocenters. The Morgan fingerprint density at radius 1 is 1.56 bits per heavy atom. The molecule has 5 nitrogen and oxygen atoms in total. The van der Waals surface area contributed by atoms with E-state index in [0.29, 0.717) is 12.1 Å². The molecule has 0 spiro atoms. The van der Waals surface area contributed by atoms with Crippen molar-refractivity contribution in [3.05, 3.63) is 18.0 Å². The number of nitrogens with zero attached hydrogens (tertiary/aromatic N) is 1. The number of phenolic OH excluding ortho intramolecular Hbond substituents is 1. The second-order valence-corrected chi connectivity index (χ2v) is 3.61. The first-order chi connectivity index (χ1) is 7.60. The number of aromatic hydroxyl groups is 1. The number of fused-ring (bicyclic) bond motifs is 1. The minimum Gasteiger partial charge on any atom is -0.506 e. The van der Waals surface area contributed by atoms with Crippen molar-refractivity contribution in [3.8, 4) is 5.75 Å². The van der Waals surface area contributed by atoms with Crippen molar-refractivity contribution in [2.24, 2.45) is 0 Å². The normalized spacial score (nSPS) is 10.6. The van der Waals surface area contributed by atoms with Crippen molar-refractivity contribution in [1.29, 1.82) is 0 Å². The lowest BCUT2D eigenvalue weighted by molar-refractivity contribution is -0.115. The molecule has 0 fully saturated rings. The van der Waals surface area contributed by atoms with Gasteiger partial charge < -0.3 is 15.4 Å². The summed E-state index contributed by atoms with van der Waals surface area (Å²) in [5, 5.41) is 12.3. The molecule has 84 valence electrons. The molecular weight excluding hydrogens is 206 g/mol. The monoisotopic (exact) mass is 219 g/mol. The van der Waals surface area contributed by atoms with Crippen LogP contribution in [0.15, 0.2) is 12.1 Å². The van der Waals surface area contributed by atoms with E-state index < -0.39 is 0 Å². The number of aromatic nitrogens is 2. The van der Waals surface area contributed by atoms with Crippen LogP contribution in [0, 0.1) is 6.92 Å². The van der Waals surface area contributed by atoms with E-state index >= 15 is 0 Å². The number of hydrogen-bond donors (Lipinski definition) is 3. The number of aryl methyl sites for hydroxylation is 1. The molecule has 1 amide bonds. The Kier molecular flexibility index (Phi) is 2.52. The molecule has 0 radical (unpaired) electrons. The quantitative estimate of drug-likeness (QED) is 0.675. The molecular formula is C11H13N3O2. The van der Waals surface area contributed by atoms with Crippen LogP contribution in [0.2, 0.25) is 0 Å². The first kappa shape index (κ1) is 10.5.